The van der Waals surface area contributed by atoms with E-state index in [9.17, 15) is 19.5 Å². The Balaban J connectivity index is 1.93. The Kier molecular flexibility index (Phi) is 8.81. The fourth-order valence-electron chi connectivity index (χ4n) is 4.62. The van der Waals surface area contributed by atoms with Crippen LogP contribution in [0.2, 0.25) is 0 Å². The summed E-state index contributed by atoms with van der Waals surface area (Å²) in [5.41, 5.74) is 4.92. The van der Waals surface area contributed by atoms with Crippen molar-refractivity contribution in [3.63, 3.8) is 0 Å². The molecular weight excluding hydrogens is 470 g/mol. The van der Waals surface area contributed by atoms with E-state index in [-0.39, 0.29) is 53.6 Å². The first kappa shape index (κ1) is 26.9. The monoisotopic (exact) mass is 503 g/mol. The number of piperidine rings is 1. The van der Waals surface area contributed by atoms with Gasteiger partial charge in [-0.05, 0) is 25.8 Å². The van der Waals surface area contributed by atoms with Gasteiger partial charge in [0.15, 0.2) is 11.5 Å². The average molecular weight is 504 g/mol. The minimum absolute atomic E-state index is 0.0578. The van der Waals surface area contributed by atoms with Gasteiger partial charge in [0.2, 0.25) is 17.6 Å². The van der Waals surface area contributed by atoms with E-state index in [0.717, 1.165) is 0 Å². The SMILES string of the molecule is COc1ccc([C@H](CC(=O)NC2CCN(CC(N)=O)CC2)c2c(O)cc(C)oc2=O)c(OC)c1OC. The zero-order chi connectivity index (χ0) is 26.4. The second-order valence-corrected chi connectivity index (χ2v) is 8.71. The maximum atomic E-state index is 13.2. The van der Waals surface area contributed by atoms with E-state index in [4.69, 9.17) is 24.4 Å². The number of ether oxygens (including phenoxy) is 3. The molecule has 1 aromatic heterocycles. The molecular formula is C25H33N3O8. The number of aromatic hydroxyl groups is 1. The molecule has 0 unspecified atom stereocenters. The lowest BCUT2D eigenvalue weighted by atomic mass is 9.87. The van der Waals surface area contributed by atoms with Gasteiger partial charge in [0.25, 0.3) is 0 Å². The minimum atomic E-state index is -0.897. The van der Waals surface area contributed by atoms with E-state index < -0.39 is 11.5 Å². The summed E-state index contributed by atoms with van der Waals surface area (Å²) in [6.07, 6.45) is 1.15. The molecule has 1 atom stereocenters. The van der Waals surface area contributed by atoms with Crippen molar-refractivity contribution in [1.82, 2.24) is 10.2 Å². The highest BCUT2D eigenvalue weighted by Crippen LogP contribution is 2.45. The standard InChI is InChI=1S/C25H33N3O8/c1-14-11-18(29)22(25(32)36-14)17(16-5-6-19(33-2)24(35-4)23(16)34-3)12-21(31)27-15-7-9-28(10-8-15)13-20(26)30/h5-6,11,15,17,29H,7-10,12-13H2,1-4H3,(H2,26,30)(H,27,31)/t17-/m0/s1. The van der Waals surface area contributed by atoms with Crippen LogP contribution < -0.4 is 30.9 Å². The molecule has 36 heavy (non-hydrogen) atoms. The molecule has 3 rings (SSSR count). The summed E-state index contributed by atoms with van der Waals surface area (Å²) >= 11 is 0. The Morgan fingerprint density at radius 1 is 1.17 bits per heavy atom. The molecule has 11 heteroatoms. The van der Waals surface area contributed by atoms with Gasteiger partial charge in [0.1, 0.15) is 11.5 Å². The number of likely N-dealkylation sites (tertiary alicyclic amines) is 1. The van der Waals surface area contributed by atoms with Crippen molar-refractivity contribution < 1.29 is 33.3 Å². The Bertz CT molecular complexity index is 1150. The third-order valence-electron chi connectivity index (χ3n) is 6.27. The minimum Gasteiger partial charge on any atom is -0.507 e. The van der Waals surface area contributed by atoms with Gasteiger partial charge in [0.05, 0.1) is 33.4 Å². The van der Waals surface area contributed by atoms with Crippen LogP contribution in [-0.4, -0.2) is 68.8 Å². The van der Waals surface area contributed by atoms with Gasteiger partial charge in [-0.3, -0.25) is 14.5 Å². The number of nitrogens with one attached hydrogen (secondary N) is 1. The second kappa shape index (κ2) is 11.8. The first-order valence-electron chi connectivity index (χ1n) is 11.6. The van der Waals surface area contributed by atoms with Crippen LogP contribution in [0.1, 0.15) is 42.1 Å². The van der Waals surface area contributed by atoms with Gasteiger partial charge in [-0.15, -0.1) is 0 Å². The second-order valence-electron chi connectivity index (χ2n) is 8.71. The number of methoxy groups -OCH3 is 3. The molecule has 1 saturated heterocycles. The van der Waals surface area contributed by atoms with E-state index in [0.29, 0.717) is 43.0 Å². The fraction of sp³-hybridized carbons (Fsp3) is 0.480. The molecule has 2 aromatic rings. The van der Waals surface area contributed by atoms with E-state index in [1.54, 1.807) is 19.1 Å². The molecule has 0 saturated carbocycles. The quantitative estimate of drug-likeness (QED) is 0.435. The molecule has 0 bridgehead atoms. The number of carbonyl (C=O) groups is 2. The highest BCUT2D eigenvalue weighted by Gasteiger charge is 2.31. The fourth-order valence-corrected chi connectivity index (χ4v) is 4.62. The number of carbonyl (C=O) groups excluding carboxylic acids is 2. The van der Waals surface area contributed by atoms with Crippen molar-refractivity contribution >= 4 is 11.8 Å². The van der Waals surface area contributed by atoms with Crippen molar-refractivity contribution in [2.24, 2.45) is 5.73 Å². The maximum absolute atomic E-state index is 13.2. The number of primary amides is 1. The van der Waals surface area contributed by atoms with E-state index >= 15 is 0 Å². The topological polar surface area (TPSA) is 154 Å². The zero-order valence-electron chi connectivity index (χ0n) is 21.0. The lowest BCUT2D eigenvalue weighted by Gasteiger charge is -2.31. The van der Waals surface area contributed by atoms with Crippen LogP contribution in [0.5, 0.6) is 23.0 Å². The van der Waals surface area contributed by atoms with Crippen LogP contribution in [0.4, 0.5) is 0 Å². The van der Waals surface area contributed by atoms with E-state index in [1.165, 1.54) is 27.4 Å². The molecule has 4 N–H and O–H groups in total. The molecule has 1 aromatic carbocycles. The number of amides is 2. The highest BCUT2D eigenvalue weighted by atomic mass is 16.5. The molecule has 1 aliphatic heterocycles. The molecule has 0 radical (unpaired) electrons. The number of hydrogen-bond donors (Lipinski definition) is 3. The third kappa shape index (κ3) is 6.09. The number of benzene rings is 1. The molecule has 2 heterocycles. The average Bonchev–Trinajstić information content (AvgIpc) is 2.82. The van der Waals surface area contributed by atoms with Crippen molar-refractivity contribution in [1.29, 1.82) is 0 Å². The first-order chi connectivity index (χ1) is 17.2. The zero-order valence-corrected chi connectivity index (χ0v) is 21.0. The van der Waals surface area contributed by atoms with Crippen LogP contribution in [0.15, 0.2) is 27.4 Å². The molecule has 1 fully saturated rings. The normalized spacial score (nSPS) is 15.2. The highest BCUT2D eigenvalue weighted by molar-refractivity contribution is 5.79. The summed E-state index contributed by atoms with van der Waals surface area (Å²) < 4.78 is 21.7. The lowest BCUT2D eigenvalue weighted by Crippen LogP contribution is -2.47. The van der Waals surface area contributed by atoms with Gasteiger partial charge in [-0.25, -0.2) is 4.79 Å². The number of aryl methyl sites for hydroxylation is 1. The van der Waals surface area contributed by atoms with Gasteiger partial charge in [-0.2, -0.15) is 0 Å². The predicted molar refractivity (Wildman–Crippen MR) is 131 cm³/mol. The number of nitrogens with two attached hydrogens (primary N) is 1. The number of nitrogens with zero attached hydrogens (tertiary/aromatic N) is 1. The number of hydrogen-bond acceptors (Lipinski definition) is 9. The Morgan fingerprint density at radius 3 is 2.39 bits per heavy atom. The summed E-state index contributed by atoms with van der Waals surface area (Å²) in [6.45, 7) is 2.99. The molecule has 2 amide bonds. The number of rotatable bonds is 10. The molecule has 196 valence electrons. The summed E-state index contributed by atoms with van der Waals surface area (Å²) in [7, 11) is 4.38. The lowest BCUT2D eigenvalue weighted by molar-refractivity contribution is -0.123. The van der Waals surface area contributed by atoms with Gasteiger partial charge >= 0.3 is 5.63 Å². The van der Waals surface area contributed by atoms with Gasteiger partial charge in [-0.1, -0.05) is 6.07 Å². The van der Waals surface area contributed by atoms with Crippen molar-refractivity contribution in [3.05, 3.63) is 45.5 Å². The predicted octanol–water partition coefficient (Wildman–Crippen LogP) is 1.27. The van der Waals surface area contributed by atoms with Crippen LogP contribution in [0.25, 0.3) is 0 Å². The Morgan fingerprint density at radius 2 is 1.83 bits per heavy atom. The summed E-state index contributed by atoms with van der Waals surface area (Å²) in [6, 6.07) is 4.54. The maximum Gasteiger partial charge on any atom is 0.343 e. The van der Waals surface area contributed by atoms with E-state index in [1.807, 2.05) is 4.90 Å². The summed E-state index contributed by atoms with van der Waals surface area (Å²) in [5.74, 6) is -0.666. The molecule has 0 spiro atoms. The summed E-state index contributed by atoms with van der Waals surface area (Å²) in [4.78, 5) is 39.1. The molecule has 0 aliphatic carbocycles. The van der Waals surface area contributed by atoms with Gasteiger partial charge in [0, 0.05) is 43.1 Å². The van der Waals surface area contributed by atoms with Crippen LogP contribution >= 0.6 is 0 Å². The Labute approximate surface area is 209 Å². The van der Waals surface area contributed by atoms with Gasteiger partial charge < -0.3 is 34.8 Å². The third-order valence-corrected chi connectivity index (χ3v) is 6.27. The first-order valence-corrected chi connectivity index (χ1v) is 11.6. The van der Waals surface area contributed by atoms with Crippen LogP contribution in [-0.2, 0) is 9.59 Å². The van der Waals surface area contributed by atoms with E-state index in [2.05, 4.69) is 5.32 Å². The molecule has 11 nitrogen and oxygen atoms in total. The largest absolute Gasteiger partial charge is 0.507 e. The smallest absolute Gasteiger partial charge is 0.343 e. The molecule has 1 aliphatic rings. The van der Waals surface area contributed by atoms with Crippen molar-refractivity contribution in [2.75, 3.05) is 41.0 Å². The van der Waals surface area contributed by atoms with Crippen molar-refractivity contribution in [3.8, 4) is 23.0 Å². The van der Waals surface area contributed by atoms with Crippen LogP contribution in [0, 0.1) is 6.92 Å². The Hall–Kier alpha value is -3.73. The van der Waals surface area contributed by atoms with Crippen LogP contribution in [0.3, 0.4) is 0 Å². The van der Waals surface area contributed by atoms with Crippen molar-refractivity contribution in [2.45, 2.75) is 38.1 Å². The summed E-state index contributed by atoms with van der Waals surface area (Å²) in [5, 5.41) is 13.7.